The number of piperidine rings is 1. The molecule has 2 heterocycles. The second kappa shape index (κ2) is 12.9. The van der Waals surface area contributed by atoms with Crippen LogP contribution >= 0.6 is 34.8 Å². The number of hydrogen-bond donors (Lipinski definition) is 2. The van der Waals surface area contributed by atoms with Gasteiger partial charge in [-0.05, 0) is 41.5 Å². The van der Waals surface area contributed by atoms with E-state index in [1.54, 1.807) is 0 Å². The van der Waals surface area contributed by atoms with Crippen LogP contribution in [0.15, 0.2) is 84.9 Å². The average molecular weight is 600 g/mol. The van der Waals surface area contributed by atoms with Gasteiger partial charge in [0.15, 0.2) is 4.30 Å². The summed E-state index contributed by atoms with van der Waals surface area (Å²) in [6.07, 6.45) is 1.87. The number of alkyl halides is 3. The molecule has 4 nitrogen and oxygen atoms in total. The number of hydrogen-bond acceptors (Lipinski definition) is 3. The van der Waals surface area contributed by atoms with Crippen LogP contribution in [-0.4, -0.2) is 43.7 Å². The van der Waals surface area contributed by atoms with Crippen molar-refractivity contribution in [1.82, 2.24) is 9.47 Å². The summed E-state index contributed by atoms with van der Waals surface area (Å²) in [4.78, 5) is 2.61. The molecule has 0 unspecified atom stereocenters. The van der Waals surface area contributed by atoms with Gasteiger partial charge in [0.1, 0.15) is 0 Å². The number of likely N-dealkylation sites (tertiary alicyclic amines) is 1. The van der Waals surface area contributed by atoms with Gasteiger partial charge in [-0.25, -0.2) is 0 Å². The highest BCUT2D eigenvalue weighted by atomic mass is 35.6. The van der Waals surface area contributed by atoms with Crippen molar-refractivity contribution in [2.24, 2.45) is 11.3 Å². The second-order valence-corrected chi connectivity index (χ2v) is 13.0. The molecule has 212 valence electrons. The van der Waals surface area contributed by atoms with E-state index < -0.39 is 4.30 Å². The summed E-state index contributed by atoms with van der Waals surface area (Å²) in [6.45, 7) is 4.99. The molecule has 1 saturated heterocycles. The standard InChI is InChI=1S/C32H36N2O2.CHCl3/c1-2-32(22-36)21-33(18-23-11-5-3-6-12-23)29-17-27(32)26(20-35)30-25-15-9-10-16-28(25)34(31(29)30)19-24-13-7-4-8-14-24;2-1(3)4/h3-16,26-27,29,35-36H,2,17-22H2,1H3;1H/t26-,27-,29+,32+;/m1./s1. The third-order valence-corrected chi connectivity index (χ3v) is 9.07. The molecule has 1 aliphatic carbocycles. The van der Waals surface area contributed by atoms with Gasteiger partial charge in [-0.3, -0.25) is 4.90 Å². The minimum Gasteiger partial charge on any atom is -0.396 e. The molecule has 0 saturated carbocycles. The number of halogens is 3. The van der Waals surface area contributed by atoms with Crippen LogP contribution in [0, 0.1) is 11.3 Å². The minimum absolute atomic E-state index is 0.0316. The zero-order valence-corrected chi connectivity index (χ0v) is 25.0. The fourth-order valence-electron chi connectivity index (χ4n) is 7.24. The van der Waals surface area contributed by atoms with Gasteiger partial charge in [0.2, 0.25) is 0 Å². The van der Waals surface area contributed by atoms with Crippen molar-refractivity contribution in [2.75, 3.05) is 19.8 Å². The summed E-state index contributed by atoms with van der Waals surface area (Å²) in [5.74, 6) is 0.280. The number of aliphatic hydroxyl groups excluding tert-OH is 2. The summed E-state index contributed by atoms with van der Waals surface area (Å²) < 4.78 is 1.76. The van der Waals surface area contributed by atoms with Crippen LogP contribution in [0.25, 0.3) is 10.9 Å². The number of nitrogens with zero attached hydrogens (tertiary/aromatic N) is 2. The first-order valence-electron chi connectivity index (χ1n) is 14.0. The first kappa shape index (κ1) is 29.4. The molecule has 40 heavy (non-hydrogen) atoms. The van der Waals surface area contributed by atoms with Crippen LogP contribution in [0.5, 0.6) is 0 Å². The smallest absolute Gasteiger partial charge is 0.180 e. The SMILES string of the molecule is CC[C@@]1(CO)CN(Cc2ccccc2)[C@H]2C[C@@H]1[C@@H](CO)c1c2n(Cc2ccccc2)c2ccccc12.ClC(Cl)Cl. The van der Waals surface area contributed by atoms with Crippen LogP contribution in [0.1, 0.15) is 54.1 Å². The van der Waals surface area contributed by atoms with E-state index in [1.165, 1.54) is 33.3 Å². The van der Waals surface area contributed by atoms with Gasteiger partial charge in [0, 0.05) is 47.6 Å². The van der Waals surface area contributed by atoms with Gasteiger partial charge in [-0.15, -0.1) is 0 Å². The Hall–Kier alpha value is -2.05. The van der Waals surface area contributed by atoms with E-state index in [0.29, 0.717) is 0 Å². The highest BCUT2D eigenvalue weighted by Gasteiger charge is 2.54. The maximum atomic E-state index is 10.8. The summed E-state index contributed by atoms with van der Waals surface area (Å²) in [5, 5.41) is 22.9. The molecule has 0 amide bonds. The molecule has 3 aromatic carbocycles. The lowest BCUT2D eigenvalue weighted by molar-refractivity contribution is -0.0789. The largest absolute Gasteiger partial charge is 0.396 e. The topological polar surface area (TPSA) is 48.6 Å². The maximum absolute atomic E-state index is 10.8. The molecule has 2 bridgehead atoms. The molecule has 7 heteroatoms. The van der Waals surface area contributed by atoms with Gasteiger partial charge in [-0.1, -0.05) is 121 Å². The molecule has 1 fully saturated rings. The molecule has 2 aliphatic rings. The number of aromatic nitrogens is 1. The predicted octanol–water partition coefficient (Wildman–Crippen LogP) is 7.72. The van der Waals surface area contributed by atoms with Crippen molar-refractivity contribution in [3.05, 3.63) is 107 Å². The predicted molar refractivity (Wildman–Crippen MR) is 166 cm³/mol. The van der Waals surface area contributed by atoms with E-state index >= 15 is 0 Å². The Morgan fingerprint density at radius 1 is 0.850 bits per heavy atom. The monoisotopic (exact) mass is 598 g/mol. The van der Waals surface area contributed by atoms with Gasteiger partial charge >= 0.3 is 0 Å². The van der Waals surface area contributed by atoms with Gasteiger partial charge in [0.25, 0.3) is 0 Å². The highest BCUT2D eigenvalue weighted by Crippen LogP contribution is 2.58. The zero-order chi connectivity index (χ0) is 28.3. The van der Waals surface area contributed by atoms with Crippen molar-refractivity contribution in [3.8, 4) is 0 Å². The summed E-state index contributed by atoms with van der Waals surface area (Å²) in [6, 6.07) is 30.4. The third-order valence-electron chi connectivity index (χ3n) is 9.07. The number of fused-ring (bicyclic) bond motifs is 6. The molecule has 0 spiro atoms. The van der Waals surface area contributed by atoms with Crippen LogP contribution in [0.3, 0.4) is 0 Å². The number of rotatable bonds is 7. The molecule has 0 radical (unpaired) electrons. The lowest BCUT2D eigenvalue weighted by atomic mass is 9.58. The Balaban J connectivity index is 0.000000758. The van der Waals surface area contributed by atoms with Crippen molar-refractivity contribution in [3.63, 3.8) is 0 Å². The van der Waals surface area contributed by atoms with E-state index in [2.05, 4.69) is 101 Å². The van der Waals surface area contributed by atoms with E-state index in [4.69, 9.17) is 34.8 Å². The number of aliphatic hydroxyl groups is 2. The first-order chi connectivity index (χ1) is 19.4. The molecule has 4 atom stereocenters. The molecule has 4 aromatic rings. The normalized spacial score (nSPS) is 24.0. The summed E-state index contributed by atoms with van der Waals surface area (Å²) >= 11 is 14.4. The molecular weight excluding hydrogens is 563 g/mol. The summed E-state index contributed by atoms with van der Waals surface area (Å²) in [5.41, 5.74) is 6.26. The third kappa shape index (κ3) is 5.68. The fourth-order valence-corrected chi connectivity index (χ4v) is 7.24. The number of benzene rings is 3. The quantitative estimate of drug-likeness (QED) is 0.214. The Morgan fingerprint density at radius 3 is 2.00 bits per heavy atom. The molecular formula is C33H37Cl3N2O2. The van der Waals surface area contributed by atoms with Gasteiger partial charge in [0.05, 0.1) is 19.3 Å². The van der Waals surface area contributed by atoms with Crippen molar-refractivity contribution < 1.29 is 10.2 Å². The Bertz CT molecular complexity index is 1390. The fraction of sp³-hybridized carbons (Fsp3) is 0.394. The van der Waals surface area contributed by atoms with Crippen LogP contribution in [0.4, 0.5) is 0 Å². The van der Waals surface area contributed by atoms with Crippen molar-refractivity contribution in [2.45, 2.75) is 49.1 Å². The lowest BCUT2D eigenvalue weighted by Gasteiger charge is -2.56. The van der Waals surface area contributed by atoms with Crippen molar-refractivity contribution in [1.29, 1.82) is 0 Å². The van der Waals surface area contributed by atoms with Gasteiger partial charge in [-0.2, -0.15) is 0 Å². The molecule has 6 rings (SSSR count). The minimum atomic E-state index is -0.750. The zero-order valence-electron chi connectivity index (χ0n) is 22.8. The van der Waals surface area contributed by atoms with E-state index in [0.717, 1.165) is 32.5 Å². The molecule has 1 aliphatic heterocycles. The Kier molecular flexibility index (Phi) is 9.46. The van der Waals surface area contributed by atoms with Gasteiger partial charge < -0.3 is 14.8 Å². The van der Waals surface area contributed by atoms with E-state index in [9.17, 15) is 10.2 Å². The maximum Gasteiger partial charge on any atom is 0.180 e. The highest BCUT2D eigenvalue weighted by molar-refractivity contribution is 6.63. The lowest BCUT2D eigenvalue weighted by Crippen LogP contribution is -2.56. The molecule has 2 N–H and O–H groups in total. The number of para-hydroxylation sites is 1. The first-order valence-corrected chi connectivity index (χ1v) is 15.3. The van der Waals surface area contributed by atoms with Crippen LogP contribution < -0.4 is 0 Å². The van der Waals surface area contributed by atoms with Crippen LogP contribution in [-0.2, 0) is 13.1 Å². The van der Waals surface area contributed by atoms with E-state index in [-0.39, 0.29) is 36.5 Å². The van der Waals surface area contributed by atoms with E-state index in [1.807, 2.05) is 0 Å². The summed E-state index contributed by atoms with van der Waals surface area (Å²) in [7, 11) is 0. The molecule has 1 aromatic heterocycles. The Morgan fingerprint density at radius 2 is 1.43 bits per heavy atom. The average Bonchev–Trinajstić information content (AvgIpc) is 3.29. The van der Waals surface area contributed by atoms with Crippen LogP contribution in [0.2, 0.25) is 0 Å². The van der Waals surface area contributed by atoms with Crippen molar-refractivity contribution >= 4 is 45.7 Å². The Labute approximate surface area is 252 Å². The second-order valence-electron chi connectivity index (χ2n) is 11.0.